The smallest absolute Gasteiger partial charge is 0.260 e. The second kappa shape index (κ2) is 7.56. The van der Waals surface area contributed by atoms with E-state index >= 15 is 0 Å². The van der Waals surface area contributed by atoms with Gasteiger partial charge in [0.15, 0.2) is 6.71 Å². The molecule has 3 aliphatic rings. The number of ether oxygens (including phenoxy) is 2. The van der Waals surface area contributed by atoms with Crippen LogP contribution in [0.4, 0.5) is 0 Å². The van der Waals surface area contributed by atoms with Crippen molar-refractivity contribution in [3.8, 4) is 34.1 Å². The summed E-state index contributed by atoms with van der Waals surface area (Å²) in [5.74, 6) is 3.70. The molecule has 0 saturated carbocycles. The van der Waals surface area contributed by atoms with Gasteiger partial charge in [-0.3, -0.25) is 0 Å². The minimum Gasteiger partial charge on any atom is -0.458 e. The molecular weight excluding hydrogens is 438 g/mol. The molecule has 2 nitrogen and oxygen atoms in total. The van der Waals surface area contributed by atoms with Gasteiger partial charge in [0.25, 0.3) is 6.71 Å². The monoisotopic (exact) mass is 468 g/mol. The molecule has 7 rings (SSSR count). The summed E-state index contributed by atoms with van der Waals surface area (Å²) in [5.41, 5.74) is 8.08. The van der Waals surface area contributed by atoms with Crippen LogP contribution in [-0.2, 0) is 0 Å². The molecule has 0 N–H and O–H groups in total. The van der Waals surface area contributed by atoms with Gasteiger partial charge in [0.1, 0.15) is 23.0 Å². The highest BCUT2D eigenvalue weighted by atomic mass is 16.5. The van der Waals surface area contributed by atoms with Gasteiger partial charge in [-0.05, 0) is 45.5 Å². The van der Waals surface area contributed by atoms with E-state index in [-0.39, 0.29) is 6.71 Å². The fourth-order valence-corrected chi connectivity index (χ4v) is 6.79. The molecule has 36 heavy (non-hydrogen) atoms. The molecule has 3 heterocycles. The number of fused-ring (bicyclic) bond motifs is 4. The van der Waals surface area contributed by atoms with E-state index < -0.39 is 0 Å². The highest BCUT2D eigenvalue weighted by molar-refractivity contribution is 6.98. The van der Waals surface area contributed by atoms with Crippen LogP contribution in [0.5, 0.6) is 23.0 Å². The van der Waals surface area contributed by atoms with Crippen molar-refractivity contribution in [2.45, 2.75) is 40.3 Å². The molecule has 4 aromatic carbocycles. The number of rotatable bonds is 2. The Labute approximate surface area is 214 Å². The van der Waals surface area contributed by atoms with Crippen LogP contribution in [0.3, 0.4) is 0 Å². The average molecular weight is 468 g/mol. The van der Waals surface area contributed by atoms with Crippen molar-refractivity contribution in [1.82, 2.24) is 0 Å². The van der Waals surface area contributed by atoms with Crippen LogP contribution in [0, 0.1) is 10.8 Å². The molecule has 0 aromatic heterocycles. The van der Waals surface area contributed by atoms with E-state index in [1.54, 1.807) is 0 Å². The van der Waals surface area contributed by atoms with E-state index in [1.807, 2.05) is 12.1 Å². The predicted molar refractivity (Wildman–Crippen MR) is 152 cm³/mol. The van der Waals surface area contributed by atoms with E-state index in [4.69, 9.17) is 9.47 Å². The van der Waals surface area contributed by atoms with Crippen molar-refractivity contribution in [2.75, 3.05) is 0 Å². The standard InChI is InChI=1S/C32H30B2O2/c1-31(2)19-33(20-32(31,3)4)23-13-6-5-11-21(23)22-12-9-15-25-30(22)36-28-18-10-17-27-29(28)34(25)24-14-7-8-16-26(24)35-27/h5-18H,19-20H2,1-4H3. The molecular formula is C32H30B2O2. The first kappa shape index (κ1) is 21.9. The van der Waals surface area contributed by atoms with Gasteiger partial charge >= 0.3 is 0 Å². The summed E-state index contributed by atoms with van der Waals surface area (Å²) in [6.07, 6.45) is 2.40. The van der Waals surface area contributed by atoms with Crippen molar-refractivity contribution in [3.05, 3.63) is 84.9 Å². The van der Waals surface area contributed by atoms with Gasteiger partial charge in [0.2, 0.25) is 0 Å². The summed E-state index contributed by atoms with van der Waals surface area (Å²) >= 11 is 0. The molecule has 176 valence electrons. The summed E-state index contributed by atoms with van der Waals surface area (Å²) in [4.78, 5) is 0. The average Bonchev–Trinajstić information content (AvgIpc) is 3.10. The third kappa shape index (κ3) is 3.06. The minimum atomic E-state index is 0.0985. The summed E-state index contributed by atoms with van der Waals surface area (Å²) < 4.78 is 13.0. The molecule has 1 saturated heterocycles. The van der Waals surface area contributed by atoms with Crippen LogP contribution in [0.15, 0.2) is 84.9 Å². The Hall–Kier alpha value is -3.39. The lowest BCUT2D eigenvalue weighted by atomic mass is 9.34. The van der Waals surface area contributed by atoms with E-state index in [0.29, 0.717) is 17.5 Å². The Morgan fingerprint density at radius 1 is 0.556 bits per heavy atom. The van der Waals surface area contributed by atoms with Crippen molar-refractivity contribution in [3.63, 3.8) is 0 Å². The number of hydrogen-bond acceptors (Lipinski definition) is 2. The van der Waals surface area contributed by atoms with Crippen LogP contribution >= 0.6 is 0 Å². The molecule has 0 unspecified atom stereocenters. The van der Waals surface area contributed by atoms with Crippen molar-refractivity contribution >= 4 is 35.3 Å². The number of hydrogen-bond donors (Lipinski definition) is 0. The first-order valence-corrected chi connectivity index (χ1v) is 13.1. The second-order valence-corrected chi connectivity index (χ2v) is 12.0. The van der Waals surface area contributed by atoms with Crippen molar-refractivity contribution < 1.29 is 9.47 Å². The first-order chi connectivity index (χ1) is 17.3. The summed E-state index contributed by atoms with van der Waals surface area (Å²) in [7, 11) is 0. The third-order valence-electron chi connectivity index (χ3n) is 9.37. The maximum atomic E-state index is 6.74. The Morgan fingerprint density at radius 3 is 1.89 bits per heavy atom. The van der Waals surface area contributed by atoms with Gasteiger partial charge in [-0.1, -0.05) is 113 Å². The predicted octanol–water partition coefficient (Wildman–Crippen LogP) is 5.85. The topological polar surface area (TPSA) is 18.5 Å². The van der Waals surface area contributed by atoms with Crippen LogP contribution in [-0.4, -0.2) is 13.4 Å². The summed E-state index contributed by atoms with van der Waals surface area (Å²) in [5, 5.41) is 0. The molecule has 0 amide bonds. The van der Waals surface area contributed by atoms with Crippen LogP contribution in [0.1, 0.15) is 27.7 Å². The Morgan fingerprint density at radius 2 is 1.11 bits per heavy atom. The Bertz CT molecular complexity index is 1500. The highest BCUT2D eigenvalue weighted by Gasteiger charge is 2.49. The van der Waals surface area contributed by atoms with E-state index in [0.717, 1.165) is 28.5 Å². The fraction of sp³-hybridized carbons (Fsp3) is 0.250. The Kier molecular flexibility index (Phi) is 4.59. The highest BCUT2D eigenvalue weighted by Crippen LogP contribution is 2.53. The zero-order valence-electron chi connectivity index (χ0n) is 21.5. The lowest BCUT2D eigenvalue weighted by molar-refractivity contribution is 0.177. The zero-order valence-corrected chi connectivity index (χ0v) is 21.5. The summed E-state index contributed by atoms with van der Waals surface area (Å²) in [6.45, 7) is 10.4. The first-order valence-electron chi connectivity index (χ1n) is 13.1. The lowest BCUT2D eigenvalue weighted by Crippen LogP contribution is -2.57. The molecule has 3 aliphatic heterocycles. The van der Waals surface area contributed by atoms with Gasteiger partial charge in [-0.2, -0.15) is 0 Å². The molecule has 4 heteroatoms. The maximum Gasteiger partial charge on any atom is 0.260 e. The molecule has 0 spiro atoms. The van der Waals surface area contributed by atoms with Gasteiger partial charge < -0.3 is 9.47 Å². The quantitative estimate of drug-likeness (QED) is 0.297. The molecule has 1 fully saturated rings. The SMILES string of the molecule is CC1(C)CB(c2ccccc2-c2cccc3c2Oc2cccc4c2B3c2ccccc2O4)CC1(C)C. The van der Waals surface area contributed by atoms with Gasteiger partial charge in [0.05, 0.1) is 0 Å². The molecule has 0 atom stereocenters. The van der Waals surface area contributed by atoms with Gasteiger partial charge in [0, 0.05) is 11.0 Å². The molecule has 0 aliphatic carbocycles. The molecule has 0 bridgehead atoms. The normalized spacial score (nSPS) is 18.0. The van der Waals surface area contributed by atoms with Gasteiger partial charge in [-0.15, -0.1) is 0 Å². The minimum absolute atomic E-state index is 0.0985. The van der Waals surface area contributed by atoms with Crippen LogP contribution in [0.25, 0.3) is 11.1 Å². The molecule has 0 radical (unpaired) electrons. The van der Waals surface area contributed by atoms with E-state index in [1.165, 1.54) is 40.2 Å². The largest absolute Gasteiger partial charge is 0.458 e. The lowest BCUT2D eigenvalue weighted by Gasteiger charge is -2.35. The maximum absolute atomic E-state index is 6.74. The Balaban J connectivity index is 1.41. The van der Waals surface area contributed by atoms with Gasteiger partial charge in [-0.25, -0.2) is 0 Å². The fourth-order valence-electron chi connectivity index (χ4n) is 6.79. The van der Waals surface area contributed by atoms with Crippen molar-refractivity contribution in [1.29, 1.82) is 0 Å². The van der Waals surface area contributed by atoms with Crippen molar-refractivity contribution in [2.24, 2.45) is 10.8 Å². The van der Waals surface area contributed by atoms with E-state index in [9.17, 15) is 0 Å². The summed E-state index contributed by atoms with van der Waals surface area (Å²) in [6, 6.07) is 30.2. The van der Waals surface area contributed by atoms with Crippen LogP contribution < -0.4 is 31.3 Å². The number of para-hydroxylation sites is 2. The number of benzene rings is 4. The zero-order chi connectivity index (χ0) is 24.7. The van der Waals surface area contributed by atoms with Crippen LogP contribution in [0.2, 0.25) is 12.6 Å². The third-order valence-corrected chi connectivity index (χ3v) is 9.37. The second-order valence-electron chi connectivity index (χ2n) is 12.0. The molecule has 4 aromatic rings. The van der Waals surface area contributed by atoms with E-state index in [2.05, 4.69) is 100 Å².